The van der Waals surface area contributed by atoms with Crippen molar-refractivity contribution in [2.45, 2.75) is 63.8 Å². The maximum atomic E-state index is 12.8. The van der Waals surface area contributed by atoms with Crippen molar-refractivity contribution in [3.05, 3.63) is 53.6 Å². The zero-order valence-corrected chi connectivity index (χ0v) is 19.8. The molecule has 1 fully saturated rings. The zero-order chi connectivity index (χ0) is 23.8. The topological polar surface area (TPSA) is 104 Å². The molecule has 2 aromatic rings. The zero-order valence-electron chi connectivity index (χ0n) is 19.0. The third-order valence-electron chi connectivity index (χ3n) is 6.63. The van der Waals surface area contributed by atoms with Crippen molar-refractivity contribution in [2.75, 3.05) is 4.72 Å². The van der Waals surface area contributed by atoms with Gasteiger partial charge in [-0.05, 0) is 59.7 Å². The fraction of sp³-hybridized carbons (Fsp3) is 0.440. The Bertz CT molecular complexity index is 1150. The molecule has 7 nitrogen and oxygen atoms in total. The Balaban J connectivity index is 1.51. The van der Waals surface area contributed by atoms with E-state index in [1.165, 1.54) is 4.90 Å². The van der Waals surface area contributed by atoms with Crippen LogP contribution in [0.2, 0.25) is 0 Å². The van der Waals surface area contributed by atoms with Crippen molar-refractivity contribution in [1.82, 2.24) is 4.90 Å². The monoisotopic (exact) mass is 470 g/mol. The smallest absolute Gasteiger partial charge is 0.326 e. The average Bonchev–Trinajstić information content (AvgIpc) is 3.09. The number of carbonyl (C=O) groups is 2. The molecule has 1 aliphatic heterocycles. The van der Waals surface area contributed by atoms with Gasteiger partial charge in [-0.15, -0.1) is 0 Å². The minimum Gasteiger partial charge on any atom is -0.480 e. The fourth-order valence-corrected chi connectivity index (χ4v) is 6.46. The first-order valence-electron chi connectivity index (χ1n) is 11.5. The van der Waals surface area contributed by atoms with E-state index in [1.54, 1.807) is 32.0 Å². The fourth-order valence-electron chi connectivity index (χ4n) is 4.88. The van der Waals surface area contributed by atoms with Crippen LogP contribution < -0.4 is 4.72 Å². The number of nitrogens with one attached hydrogen (secondary N) is 1. The van der Waals surface area contributed by atoms with E-state index >= 15 is 0 Å². The van der Waals surface area contributed by atoms with Crippen LogP contribution in [-0.4, -0.2) is 41.6 Å². The van der Waals surface area contributed by atoms with Crippen LogP contribution in [0.3, 0.4) is 0 Å². The number of fused-ring (bicyclic) bond motifs is 1. The molecule has 0 saturated heterocycles. The maximum Gasteiger partial charge on any atom is 0.326 e. The molecule has 8 heteroatoms. The van der Waals surface area contributed by atoms with Gasteiger partial charge in [-0.25, -0.2) is 13.2 Å². The lowest BCUT2D eigenvalue weighted by molar-refractivity contribution is -0.144. The SMILES string of the molecule is CC(C)[C@@H](C(=O)O)N1Cc2cc(-c3ccc(NS(=O)(=O)C4CCCCC4)cc3)ccc2C1=O. The molecule has 2 N–H and O–H groups in total. The van der Waals surface area contributed by atoms with Gasteiger partial charge >= 0.3 is 5.97 Å². The molecule has 0 unspecified atom stereocenters. The molecule has 1 saturated carbocycles. The summed E-state index contributed by atoms with van der Waals surface area (Å²) in [6.45, 7) is 3.85. The number of sulfonamides is 1. The van der Waals surface area contributed by atoms with E-state index in [2.05, 4.69) is 4.72 Å². The van der Waals surface area contributed by atoms with Crippen LogP contribution in [0.1, 0.15) is 61.9 Å². The second-order valence-corrected chi connectivity index (χ2v) is 11.3. The lowest BCUT2D eigenvalue weighted by Crippen LogP contribution is -2.44. The predicted molar refractivity (Wildman–Crippen MR) is 127 cm³/mol. The molecule has 4 rings (SSSR count). The first kappa shape index (κ1) is 23.3. The minimum absolute atomic E-state index is 0.204. The van der Waals surface area contributed by atoms with Gasteiger partial charge in [0.1, 0.15) is 6.04 Å². The summed E-state index contributed by atoms with van der Waals surface area (Å²) in [5, 5.41) is 9.25. The Morgan fingerprint density at radius 3 is 2.27 bits per heavy atom. The van der Waals surface area contributed by atoms with E-state index in [0.717, 1.165) is 36.0 Å². The van der Waals surface area contributed by atoms with Gasteiger partial charge in [0.05, 0.1) is 5.25 Å². The summed E-state index contributed by atoms with van der Waals surface area (Å²) in [6, 6.07) is 11.8. The van der Waals surface area contributed by atoms with Gasteiger partial charge < -0.3 is 10.0 Å². The number of benzene rings is 2. The number of anilines is 1. The molecule has 2 aliphatic rings. The van der Waals surface area contributed by atoms with Crippen molar-refractivity contribution in [3.63, 3.8) is 0 Å². The van der Waals surface area contributed by atoms with E-state index < -0.39 is 22.0 Å². The number of carboxylic acid groups (broad SMARTS) is 1. The van der Waals surface area contributed by atoms with Crippen LogP contribution in [-0.2, 0) is 21.4 Å². The number of nitrogens with zero attached hydrogens (tertiary/aromatic N) is 1. The summed E-state index contributed by atoms with van der Waals surface area (Å²) >= 11 is 0. The van der Waals surface area contributed by atoms with Gasteiger partial charge in [-0.1, -0.05) is 51.3 Å². The molecule has 1 aliphatic carbocycles. The standard InChI is InChI=1S/C25H30N2O5S/c1-16(2)23(25(29)30)27-15-19-14-18(10-13-22(19)24(27)28)17-8-11-20(12-9-17)26-33(31,32)21-6-4-3-5-7-21/h8-14,16,21,23,26H,3-7,15H2,1-2H3,(H,29,30)/t23-/m0/s1. The third kappa shape index (κ3) is 4.76. The highest BCUT2D eigenvalue weighted by molar-refractivity contribution is 7.93. The average molecular weight is 471 g/mol. The van der Waals surface area contributed by atoms with Gasteiger partial charge in [0.2, 0.25) is 10.0 Å². The lowest BCUT2D eigenvalue weighted by Gasteiger charge is -2.27. The van der Waals surface area contributed by atoms with Gasteiger partial charge in [0.25, 0.3) is 5.91 Å². The van der Waals surface area contributed by atoms with Crippen LogP contribution in [0.25, 0.3) is 11.1 Å². The highest BCUT2D eigenvalue weighted by Crippen LogP contribution is 2.32. The summed E-state index contributed by atoms with van der Waals surface area (Å²) in [4.78, 5) is 25.9. The van der Waals surface area contributed by atoms with E-state index in [1.807, 2.05) is 24.3 Å². The van der Waals surface area contributed by atoms with E-state index in [9.17, 15) is 23.1 Å². The summed E-state index contributed by atoms with van der Waals surface area (Å²) in [5.74, 6) is -1.46. The van der Waals surface area contributed by atoms with Gasteiger partial charge in [-0.2, -0.15) is 0 Å². The molecule has 0 spiro atoms. The summed E-state index contributed by atoms with van der Waals surface area (Å²) in [6.07, 6.45) is 4.41. The van der Waals surface area contributed by atoms with Crippen LogP contribution in [0.15, 0.2) is 42.5 Å². The van der Waals surface area contributed by atoms with Crippen LogP contribution in [0.4, 0.5) is 5.69 Å². The number of carbonyl (C=O) groups excluding carboxylic acids is 1. The van der Waals surface area contributed by atoms with Gasteiger partial charge in [-0.3, -0.25) is 9.52 Å². The molecule has 1 atom stereocenters. The molecule has 1 amide bonds. The van der Waals surface area contributed by atoms with Crippen molar-refractivity contribution in [3.8, 4) is 11.1 Å². The molecule has 1 heterocycles. The molecule has 0 aromatic heterocycles. The number of hydrogen-bond donors (Lipinski definition) is 2. The normalized spacial score (nSPS) is 17.8. The van der Waals surface area contributed by atoms with Crippen LogP contribution in [0.5, 0.6) is 0 Å². The number of carboxylic acids is 1. The quantitative estimate of drug-likeness (QED) is 0.620. The largest absolute Gasteiger partial charge is 0.480 e. The first-order valence-corrected chi connectivity index (χ1v) is 13.0. The third-order valence-corrected chi connectivity index (χ3v) is 8.50. The molecule has 2 aromatic carbocycles. The van der Waals surface area contributed by atoms with Gasteiger partial charge in [0, 0.05) is 17.8 Å². The molecule has 0 bridgehead atoms. The van der Waals surface area contributed by atoms with Crippen molar-refractivity contribution < 1.29 is 23.1 Å². The Hall–Kier alpha value is -2.87. The number of hydrogen-bond acceptors (Lipinski definition) is 4. The van der Waals surface area contributed by atoms with Crippen molar-refractivity contribution in [2.24, 2.45) is 5.92 Å². The lowest BCUT2D eigenvalue weighted by atomic mass is 10.0. The van der Waals surface area contributed by atoms with E-state index in [0.29, 0.717) is 24.1 Å². The summed E-state index contributed by atoms with van der Waals surface area (Å²) in [7, 11) is -3.40. The van der Waals surface area contributed by atoms with Crippen molar-refractivity contribution in [1.29, 1.82) is 0 Å². The molecule has 176 valence electrons. The number of amides is 1. The number of rotatable bonds is 7. The predicted octanol–water partition coefficient (Wildman–Crippen LogP) is 4.49. The highest BCUT2D eigenvalue weighted by Gasteiger charge is 2.38. The summed E-state index contributed by atoms with van der Waals surface area (Å²) < 4.78 is 28.0. The Kier molecular flexibility index (Phi) is 6.47. The second-order valence-electron chi connectivity index (χ2n) is 9.32. The van der Waals surface area contributed by atoms with Gasteiger partial charge in [0.15, 0.2) is 0 Å². The van der Waals surface area contributed by atoms with Crippen molar-refractivity contribution >= 4 is 27.6 Å². The molecule has 0 radical (unpaired) electrons. The maximum absolute atomic E-state index is 12.8. The number of aliphatic carboxylic acids is 1. The van der Waals surface area contributed by atoms with Crippen LogP contribution >= 0.6 is 0 Å². The first-order chi connectivity index (χ1) is 15.7. The Morgan fingerprint density at radius 2 is 1.67 bits per heavy atom. The summed E-state index contributed by atoms with van der Waals surface area (Å²) in [5.41, 5.74) is 3.64. The minimum atomic E-state index is -3.40. The highest BCUT2D eigenvalue weighted by atomic mass is 32.2. The van der Waals surface area contributed by atoms with E-state index in [-0.39, 0.29) is 23.6 Å². The molecular weight excluding hydrogens is 440 g/mol. The van der Waals surface area contributed by atoms with E-state index in [4.69, 9.17) is 0 Å². The second kappa shape index (κ2) is 9.17. The molecular formula is C25H30N2O5S. The van der Waals surface area contributed by atoms with Crippen LogP contribution in [0, 0.1) is 5.92 Å². The molecule has 33 heavy (non-hydrogen) atoms. The Morgan fingerprint density at radius 1 is 1.03 bits per heavy atom. The Labute approximate surface area is 194 Å².